The smallest absolute Gasteiger partial charge is 0.184 e. The number of aromatic nitrogens is 4. The van der Waals surface area contributed by atoms with Crippen LogP contribution in [0.3, 0.4) is 0 Å². The summed E-state index contributed by atoms with van der Waals surface area (Å²) in [7, 11) is 0. The Labute approximate surface area is 116 Å². The molecule has 0 bridgehead atoms. The lowest BCUT2D eigenvalue weighted by Gasteiger charge is -2.25. The maximum atomic E-state index is 6.25. The number of hydrogen-bond donors (Lipinski definition) is 1. The van der Waals surface area contributed by atoms with Crippen molar-refractivity contribution in [2.24, 2.45) is 5.92 Å². The first kappa shape index (κ1) is 12.4. The van der Waals surface area contributed by atoms with Gasteiger partial charge >= 0.3 is 0 Å². The van der Waals surface area contributed by atoms with Crippen LogP contribution in [0.2, 0.25) is 5.02 Å². The normalized spacial score (nSPS) is 15.7. The quantitative estimate of drug-likeness (QED) is 0.876. The Balaban J connectivity index is 2.09. The Hall–Kier alpha value is -1.62. The van der Waals surface area contributed by atoms with Crippen LogP contribution in [0.5, 0.6) is 0 Å². The van der Waals surface area contributed by atoms with Crippen LogP contribution in [0.15, 0.2) is 18.2 Å². The van der Waals surface area contributed by atoms with E-state index in [-0.39, 0.29) is 5.54 Å². The van der Waals surface area contributed by atoms with Gasteiger partial charge in [0.25, 0.3) is 0 Å². The molecule has 1 aliphatic rings. The summed E-state index contributed by atoms with van der Waals surface area (Å²) in [5.74, 6) is 1.32. The number of nitrogens with zero attached hydrogens (tertiary/aromatic N) is 4. The standard InChI is InChI=1S/C13H16ClN5/c1-13(2,8-3-4-8)19-12(16-17-18-19)10-6-5-9(15)7-11(10)14/h5-8H,3-4,15H2,1-2H3. The summed E-state index contributed by atoms with van der Waals surface area (Å²) < 4.78 is 1.88. The van der Waals surface area contributed by atoms with Crippen LogP contribution in [0.25, 0.3) is 11.4 Å². The van der Waals surface area contributed by atoms with Gasteiger partial charge in [0, 0.05) is 11.3 Å². The van der Waals surface area contributed by atoms with Crippen molar-refractivity contribution in [3.8, 4) is 11.4 Å². The second kappa shape index (κ2) is 4.20. The van der Waals surface area contributed by atoms with Crippen LogP contribution in [0.4, 0.5) is 5.69 Å². The van der Waals surface area contributed by atoms with Gasteiger partial charge in [0.15, 0.2) is 5.82 Å². The van der Waals surface area contributed by atoms with E-state index in [2.05, 4.69) is 29.4 Å². The van der Waals surface area contributed by atoms with E-state index in [1.807, 2.05) is 16.8 Å². The molecule has 1 aromatic carbocycles. The molecule has 19 heavy (non-hydrogen) atoms. The van der Waals surface area contributed by atoms with E-state index < -0.39 is 0 Å². The van der Waals surface area contributed by atoms with Gasteiger partial charge in [-0.15, -0.1) is 5.10 Å². The largest absolute Gasteiger partial charge is 0.399 e. The van der Waals surface area contributed by atoms with Crippen molar-refractivity contribution in [3.05, 3.63) is 23.2 Å². The van der Waals surface area contributed by atoms with Crippen LogP contribution >= 0.6 is 11.6 Å². The molecule has 1 heterocycles. The Kier molecular flexibility index (Phi) is 2.74. The monoisotopic (exact) mass is 277 g/mol. The summed E-state index contributed by atoms with van der Waals surface area (Å²) in [6, 6.07) is 5.40. The highest BCUT2D eigenvalue weighted by molar-refractivity contribution is 6.33. The summed E-state index contributed by atoms with van der Waals surface area (Å²) >= 11 is 6.25. The van der Waals surface area contributed by atoms with E-state index in [9.17, 15) is 0 Å². The lowest BCUT2D eigenvalue weighted by Crippen LogP contribution is -2.30. The number of hydrogen-bond acceptors (Lipinski definition) is 4. The van der Waals surface area contributed by atoms with Crippen LogP contribution in [0, 0.1) is 5.92 Å². The van der Waals surface area contributed by atoms with E-state index in [0.29, 0.717) is 22.5 Å². The van der Waals surface area contributed by atoms with E-state index in [0.717, 1.165) is 5.56 Å². The maximum absolute atomic E-state index is 6.25. The summed E-state index contributed by atoms with van der Waals surface area (Å²) in [4.78, 5) is 0. The molecular weight excluding hydrogens is 262 g/mol. The van der Waals surface area contributed by atoms with E-state index in [1.54, 1.807) is 6.07 Å². The first-order valence-electron chi connectivity index (χ1n) is 6.34. The third kappa shape index (κ3) is 2.08. The van der Waals surface area contributed by atoms with Gasteiger partial charge in [0.05, 0.1) is 10.6 Å². The minimum Gasteiger partial charge on any atom is -0.399 e. The third-order valence-electron chi connectivity index (χ3n) is 3.83. The molecule has 0 aliphatic heterocycles. The highest BCUT2D eigenvalue weighted by Gasteiger charge is 2.41. The molecule has 0 radical (unpaired) electrons. The van der Waals surface area contributed by atoms with Gasteiger partial charge < -0.3 is 5.73 Å². The van der Waals surface area contributed by atoms with E-state index >= 15 is 0 Å². The summed E-state index contributed by atoms with van der Waals surface area (Å²) in [6.07, 6.45) is 2.45. The number of halogens is 1. The van der Waals surface area contributed by atoms with Crippen molar-refractivity contribution in [3.63, 3.8) is 0 Å². The fraction of sp³-hybridized carbons (Fsp3) is 0.462. The fourth-order valence-corrected chi connectivity index (χ4v) is 2.69. The van der Waals surface area contributed by atoms with Crippen LogP contribution in [-0.2, 0) is 5.54 Å². The molecule has 6 heteroatoms. The minimum atomic E-state index is -0.0937. The van der Waals surface area contributed by atoms with Crippen LogP contribution in [-0.4, -0.2) is 20.2 Å². The molecule has 1 aliphatic carbocycles. The zero-order chi connectivity index (χ0) is 13.6. The number of benzene rings is 1. The molecule has 0 amide bonds. The molecule has 5 nitrogen and oxygen atoms in total. The molecule has 1 aromatic heterocycles. The number of nitrogens with two attached hydrogens (primary N) is 1. The second-order valence-electron chi connectivity index (χ2n) is 5.58. The van der Waals surface area contributed by atoms with Gasteiger partial charge in [-0.2, -0.15) is 0 Å². The molecule has 3 rings (SSSR count). The molecule has 0 saturated heterocycles. The summed E-state index contributed by atoms with van der Waals surface area (Å²) in [5.41, 5.74) is 7.07. The predicted molar refractivity (Wildman–Crippen MR) is 74.7 cm³/mol. The zero-order valence-corrected chi connectivity index (χ0v) is 11.7. The van der Waals surface area contributed by atoms with Crippen molar-refractivity contribution in [2.75, 3.05) is 5.73 Å². The minimum absolute atomic E-state index is 0.0937. The molecule has 1 saturated carbocycles. The molecule has 0 unspecified atom stereocenters. The van der Waals surface area contributed by atoms with Crippen molar-refractivity contribution < 1.29 is 0 Å². The first-order valence-corrected chi connectivity index (χ1v) is 6.72. The van der Waals surface area contributed by atoms with Crippen LogP contribution in [0.1, 0.15) is 26.7 Å². The Bertz CT molecular complexity index is 615. The number of nitrogen functional groups attached to an aromatic ring is 1. The number of anilines is 1. The van der Waals surface area contributed by atoms with Gasteiger partial charge in [-0.25, -0.2) is 4.68 Å². The molecule has 1 fully saturated rings. The second-order valence-corrected chi connectivity index (χ2v) is 5.99. The SMILES string of the molecule is CC(C)(C1CC1)n1nnnc1-c1ccc(N)cc1Cl. The summed E-state index contributed by atoms with van der Waals surface area (Å²) in [5, 5.41) is 12.7. The van der Waals surface area contributed by atoms with Gasteiger partial charge in [0.2, 0.25) is 0 Å². The fourth-order valence-electron chi connectivity index (χ4n) is 2.42. The average molecular weight is 278 g/mol. The number of rotatable bonds is 3. The molecule has 0 spiro atoms. The van der Waals surface area contributed by atoms with Crippen molar-refractivity contribution in [2.45, 2.75) is 32.2 Å². The first-order chi connectivity index (χ1) is 9.00. The van der Waals surface area contributed by atoms with Gasteiger partial charge in [-0.05, 0) is 61.2 Å². The molecule has 0 atom stereocenters. The molecule has 2 N–H and O–H groups in total. The van der Waals surface area contributed by atoms with Crippen LogP contribution < -0.4 is 5.73 Å². The van der Waals surface area contributed by atoms with Crippen molar-refractivity contribution in [1.29, 1.82) is 0 Å². The predicted octanol–water partition coefficient (Wildman–Crippen LogP) is 2.72. The zero-order valence-electron chi connectivity index (χ0n) is 11.0. The van der Waals surface area contributed by atoms with Gasteiger partial charge in [-0.3, -0.25) is 0 Å². The molecule has 2 aromatic rings. The Morgan fingerprint density at radius 1 is 1.37 bits per heavy atom. The summed E-state index contributed by atoms with van der Waals surface area (Å²) in [6.45, 7) is 4.32. The molecule has 100 valence electrons. The van der Waals surface area contributed by atoms with Gasteiger partial charge in [0.1, 0.15) is 0 Å². The maximum Gasteiger partial charge on any atom is 0.184 e. The third-order valence-corrected chi connectivity index (χ3v) is 4.14. The highest BCUT2D eigenvalue weighted by atomic mass is 35.5. The topological polar surface area (TPSA) is 69.6 Å². The Morgan fingerprint density at radius 3 is 2.74 bits per heavy atom. The van der Waals surface area contributed by atoms with Gasteiger partial charge in [-0.1, -0.05) is 11.6 Å². The molecular formula is C13H16ClN5. The average Bonchev–Trinajstić information content (AvgIpc) is 3.09. The lowest BCUT2D eigenvalue weighted by atomic mass is 9.98. The highest BCUT2D eigenvalue weighted by Crippen LogP contribution is 2.45. The van der Waals surface area contributed by atoms with E-state index in [4.69, 9.17) is 17.3 Å². The van der Waals surface area contributed by atoms with E-state index in [1.165, 1.54) is 12.8 Å². The van der Waals surface area contributed by atoms with Crippen molar-refractivity contribution >= 4 is 17.3 Å². The number of tetrazole rings is 1. The lowest BCUT2D eigenvalue weighted by molar-refractivity contribution is 0.271. The van der Waals surface area contributed by atoms with Crippen molar-refractivity contribution in [1.82, 2.24) is 20.2 Å². The Morgan fingerprint density at radius 2 is 2.11 bits per heavy atom.